The van der Waals surface area contributed by atoms with Crippen LogP contribution in [0, 0.1) is 0 Å². The molecule has 0 atom stereocenters. The molecule has 0 spiro atoms. The van der Waals surface area contributed by atoms with Gasteiger partial charge in [0.05, 0.1) is 9.21 Å². The fourth-order valence-electron chi connectivity index (χ4n) is 0.903. The van der Waals surface area contributed by atoms with Gasteiger partial charge in [-0.05, 0) is 12.1 Å². The predicted molar refractivity (Wildman–Crippen MR) is 55.8 cm³/mol. The van der Waals surface area contributed by atoms with Crippen LogP contribution in [0.4, 0.5) is 0 Å². The van der Waals surface area contributed by atoms with Crippen LogP contribution in [0.2, 0.25) is 4.34 Å². The van der Waals surface area contributed by atoms with Crippen LogP contribution in [0.15, 0.2) is 18.3 Å². The van der Waals surface area contributed by atoms with E-state index in [0.29, 0.717) is 5.01 Å². The number of rotatable bonds is 2. The van der Waals surface area contributed by atoms with Crippen molar-refractivity contribution in [3.8, 4) is 9.75 Å². The molecule has 0 N–H and O–H groups in total. The number of aldehydes is 1. The zero-order chi connectivity index (χ0) is 9.26. The Balaban J connectivity index is 2.40. The second kappa shape index (κ2) is 3.57. The lowest BCUT2D eigenvalue weighted by atomic mass is 10.4. The standard InChI is InChI=1S/C8H4ClNOS2/c9-7-2-1-5(12-7)6-3-10-8(4-11)13-6/h1-4H. The van der Waals surface area contributed by atoms with E-state index in [1.165, 1.54) is 22.7 Å². The van der Waals surface area contributed by atoms with Gasteiger partial charge in [0.1, 0.15) is 0 Å². The summed E-state index contributed by atoms with van der Waals surface area (Å²) in [6.07, 6.45) is 2.44. The molecule has 0 amide bonds. The average Bonchev–Trinajstić information content (AvgIpc) is 2.71. The molecule has 0 bridgehead atoms. The third kappa shape index (κ3) is 1.80. The van der Waals surface area contributed by atoms with E-state index in [9.17, 15) is 4.79 Å². The average molecular weight is 230 g/mol. The van der Waals surface area contributed by atoms with Crippen molar-refractivity contribution in [1.29, 1.82) is 0 Å². The van der Waals surface area contributed by atoms with Gasteiger partial charge < -0.3 is 0 Å². The first-order valence-corrected chi connectivity index (χ1v) is 5.47. The van der Waals surface area contributed by atoms with E-state index in [1.54, 1.807) is 6.20 Å². The fourth-order valence-corrected chi connectivity index (χ4v) is 2.75. The number of thiophene rings is 1. The second-order valence-corrected chi connectivity index (χ2v) is 5.06. The lowest BCUT2D eigenvalue weighted by Crippen LogP contribution is -1.69. The summed E-state index contributed by atoms with van der Waals surface area (Å²) in [6, 6.07) is 3.76. The Hall–Kier alpha value is -0.710. The van der Waals surface area contributed by atoms with Gasteiger partial charge in [0, 0.05) is 11.1 Å². The van der Waals surface area contributed by atoms with Crippen LogP contribution in [0.3, 0.4) is 0 Å². The van der Waals surface area contributed by atoms with E-state index >= 15 is 0 Å². The second-order valence-electron chi connectivity index (χ2n) is 2.28. The van der Waals surface area contributed by atoms with Crippen molar-refractivity contribution in [3.05, 3.63) is 27.7 Å². The summed E-state index contributed by atoms with van der Waals surface area (Å²) in [5.41, 5.74) is 0. The normalized spacial score (nSPS) is 10.2. The SMILES string of the molecule is O=Cc1ncc(-c2ccc(Cl)s2)s1. The minimum absolute atomic E-state index is 0.500. The van der Waals surface area contributed by atoms with Gasteiger partial charge in [-0.2, -0.15) is 0 Å². The Morgan fingerprint density at radius 3 is 2.69 bits per heavy atom. The van der Waals surface area contributed by atoms with Gasteiger partial charge in [-0.3, -0.25) is 4.79 Å². The number of nitrogens with zero attached hydrogens (tertiary/aromatic N) is 1. The monoisotopic (exact) mass is 229 g/mol. The first kappa shape index (κ1) is 8.87. The highest BCUT2D eigenvalue weighted by Gasteiger charge is 2.05. The van der Waals surface area contributed by atoms with Gasteiger partial charge in [-0.25, -0.2) is 4.98 Å². The molecule has 0 saturated carbocycles. The molecular weight excluding hydrogens is 226 g/mol. The first-order chi connectivity index (χ1) is 6.29. The van der Waals surface area contributed by atoms with Crippen molar-refractivity contribution >= 4 is 40.6 Å². The van der Waals surface area contributed by atoms with Crippen LogP contribution in [0.1, 0.15) is 9.80 Å². The summed E-state index contributed by atoms with van der Waals surface area (Å²) in [4.78, 5) is 16.4. The summed E-state index contributed by atoms with van der Waals surface area (Å²) < 4.78 is 0.746. The van der Waals surface area contributed by atoms with E-state index in [1.807, 2.05) is 12.1 Å². The Kier molecular flexibility index (Phi) is 2.44. The zero-order valence-corrected chi connectivity index (χ0v) is 8.75. The quantitative estimate of drug-likeness (QED) is 0.740. The molecule has 0 aliphatic carbocycles. The van der Waals surface area contributed by atoms with E-state index < -0.39 is 0 Å². The van der Waals surface area contributed by atoms with Gasteiger partial charge in [-0.1, -0.05) is 11.6 Å². The maximum atomic E-state index is 10.4. The number of aromatic nitrogens is 1. The molecule has 0 unspecified atom stereocenters. The molecule has 0 aliphatic heterocycles. The zero-order valence-electron chi connectivity index (χ0n) is 6.36. The van der Waals surface area contributed by atoms with E-state index in [2.05, 4.69) is 4.98 Å². The molecule has 2 rings (SSSR count). The summed E-state index contributed by atoms with van der Waals surface area (Å²) in [6.45, 7) is 0. The van der Waals surface area contributed by atoms with Crippen LogP contribution < -0.4 is 0 Å². The van der Waals surface area contributed by atoms with Crippen LogP contribution in [-0.2, 0) is 0 Å². The maximum Gasteiger partial charge on any atom is 0.178 e. The molecule has 2 nitrogen and oxygen atoms in total. The lowest BCUT2D eigenvalue weighted by molar-refractivity contribution is 0.112. The Bertz CT molecular complexity index is 435. The molecule has 2 aromatic heterocycles. The van der Waals surface area contributed by atoms with Crippen LogP contribution in [0.5, 0.6) is 0 Å². The van der Waals surface area contributed by atoms with Crippen molar-refractivity contribution in [2.75, 3.05) is 0 Å². The number of hydrogen-bond donors (Lipinski definition) is 0. The van der Waals surface area contributed by atoms with Crippen LogP contribution in [0.25, 0.3) is 9.75 Å². The maximum absolute atomic E-state index is 10.4. The minimum Gasteiger partial charge on any atom is -0.295 e. The summed E-state index contributed by atoms with van der Waals surface area (Å²) in [5.74, 6) is 0. The Morgan fingerprint density at radius 2 is 2.15 bits per heavy atom. The molecule has 13 heavy (non-hydrogen) atoms. The van der Waals surface area contributed by atoms with Crippen molar-refractivity contribution in [1.82, 2.24) is 4.98 Å². The Morgan fingerprint density at radius 1 is 1.31 bits per heavy atom. The molecule has 5 heteroatoms. The molecule has 2 aromatic rings. The summed E-state index contributed by atoms with van der Waals surface area (Å²) in [5, 5.41) is 0.500. The number of hydrogen-bond acceptors (Lipinski definition) is 4. The number of carbonyl (C=O) groups is 1. The number of halogens is 1. The molecule has 0 fully saturated rings. The Labute approximate surface area is 87.8 Å². The smallest absolute Gasteiger partial charge is 0.178 e. The van der Waals surface area contributed by atoms with Crippen molar-refractivity contribution in [2.24, 2.45) is 0 Å². The third-order valence-corrected chi connectivity index (χ3v) is 3.79. The molecule has 0 saturated heterocycles. The first-order valence-electron chi connectivity index (χ1n) is 3.46. The summed E-state index contributed by atoms with van der Waals surface area (Å²) in [7, 11) is 0. The lowest BCUT2D eigenvalue weighted by Gasteiger charge is -1.84. The van der Waals surface area contributed by atoms with E-state index in [4.69, 9.17) is 11.6 Å². The molecular formula is C8H4ClNOS2. The van der Waals surface area contributed by atoms with Crippen LogP contribution >= 0.6 is 34.3 Å². The highest BCUT2D eigenvalue weighted by molar-refractivity contribution is 7.24. The number of thiazole rings is 1. The largest absolute Gasteiger partial charge is 0.295 e. The minimum atomic E-state index is 0.500. The molecule has 0 aliphatic rings. The predicted octanol–water partition coefficient (Wildman–Crippen LogP) is 3.34. The summed E-state index contributed by atoms with van der Waals surface area (Å²) >= 11 is 8.64. The topological polar surface area (TPSA) is 30.0 Å². The molecule has 66 valence electrons. The van der Waals surface area contributed by atoms with Crippen molar-refractivity contribution < 1.29 is 4.79 Å². The van der Waals surface area contributed by atoms with Crippen LogP contribution in [-0.4, -0.2) is 11.3 Å². The highest BCUT2D eigenvalue weighted by Crippen LogP contribution is 2.33. The van der Waals surface area contributed by atoms with Crippen molar-refractivity contribution in [3.63, 3.8) is 0 Å². The molecule has 0 radical (unpaired) electrons. The van der Waals surface area contributed by atoms with Gasteiger partial charge in [0.2, 0.25) is 0 Å². The van der Waals surface area contributed by atoms with Gasteiger partial charge in [-0.15, -0.1) is 22.7 Å². The van der Waals surface area contributed by atoms with E-state index in [-0.39, 0.29) is 0 Å². The number of carbonyl (C=O) groups excluding carboxylic acids is 1. The van der Waals surface area contributed by atoms with Gasteiger partial charge >= 0.3 is 0 Å². The molecule has 2 heterocycles. The fraction of sp³-hybridized carbons (Fsp3) is 0. The third-order valence-electron chi connectivity index (χ3n) is 1.44. The van der Waals surface area contributed by atoms with Gasteiger partial charge in [0.15, 0.2) is 11.3 Å². The molecule has 0 aromatic carbocycles. The highest BCUT2D eigenvalue weighted by atomic mass is 35.5. The van der Waals surface area contributed by atoms with Crippen molar-refractivity contribution in [2.45, 2.75) is 0 Å². The van der Waals surface area contributed by atoms with Gasteiger partial charge in [0.25, 0.3) is 0 Å². The van der Waals surface area contributed by atoms with E-state index in [0.717, 1.165) is 20.4 Å².